The minimum atomic E-state index is -0.280. The van der Waals surface area contributed by atoms with E-state index in [9.17, 15) is 4.39 Å². The van der Waals surface area contributed by atoms with Gasteiger partial charge in [-0.15, -0.1) is 0 Å². The molecule has 0 aliphatic rings. The van der Waals surface area contributed by atoms with Crippen LogP contribution in [0.2, 0.25) is 0 Å². The molecule has 0 saturated carbocycles. The second-order valence-electron chi connectivity index (χ2n) is 6.32. The van der Waals surface area contributed by atoms with Crippen molar-refractivity contribution in [3.63, 3.8) is 0 Å². The van der Waals surface area contributed by atoms with Gasteiger partial charge in [-0.1, -0.05) is 30.3 Å². The zero-order valence-corrected chi connectivity index (χ0v) is 14.5. The Balaban J connectivity index is 1.79. The Labute approximate surface area is 150 Å². The second-order valence-corrected chi connectivity index (χ2v) is 6.32. The molecular weight excluding hydrogens is 329 g/mol. The van der Waals surface area contributed by atoms with E-state index in [4.69, 9.17) is 5.10 Å². The third-order valence-electron chi connectivity index (χ3n) is 4.09. The minimum absolute atomic E-state index is 0.156. The van der Waals surface area contributed by atoms with Crippen LogP contribution >= 0.6 is 0 Å². The standard InChI is InChI=1S/C20H18FN5/c1-13(2)26-19-17(18(25-26)14-6-4-3-5-7-14)12-22-20(24-19)23-16-10-8-15(21)9-11-16/h3-13H,1-2H3,(H,22,23,24). The van der Waals surface area contributed by atoms with Crippen molar-refractivity contribution in [3.8, 4) is 11.3 Å². The Bertz CT molecular complexity index is 1040. The Kier molecular flexibility index (Phi) is 4.08. The van der Waals surface area contributed by atoms with Crippen molar-refractivity contribution in [1.82, 2.24) is 19.7 Å². The lowest BCUT2D eigenvalue weighted by atomic mass is 10.1. The average molecular weight is 347 g/mol. The van der Waals surface area contributed by atoms with Crippen LogP contribution in [0.3, 0.4) is 0 Å². The van der Waals surface area contributed by atoms with Crippen LogP contribution < -0.4 is 5.32 Å². The summed E-state index contributed by atoms with van der Waals surface area (Å²) in [5.74, 6) is 0.169. The maximum Gasteiger partial charge on any atom is 0.229 e. The number of hydrogen-bond acceptors (Lipinski definition) is 4. The first-order chi connectivity index (χ1) is 12.6. The van der Waals surface area contributed by atoms with Gasteiger partial charge in [0.1, 0.15) is 11.5 Å². The molecule has 0 amide bonds. The van der Waals surface area contributed by atoms with Crippen molar-refractivity contribution in [2.24, 2.45) is 0 Å². The molecule has 1 N–H and O–H groups in total. The molecule has 130 valence electrons. The number of aromatic nitrogens is 4. The molecule has 0 atom stereocenters. The van der Waals surface area contributed by atoms with Crippen molar-refractivity contribution in [2.45, 2.75) is 19.9 Å². The van der Waals surface area contributed by atoms with E-state index >= 15 is 0 Å². The van der Waals surface area contributed by atoms with Gasteiger partial charge in [-0.2, -0.15) is 10.1 Å². The summed E-state index contributed by atoms with van der Waals surface area (Å²) in [5, 5.41) is 8.76. The van der Waals surface area contributed by atoms with E-state index in [1.165, 1.54) is 12.1 Å². The van der Waals surface area contributed by atoms with Crippen LogP contribution in [0.5, 0.6) is 0 Å². The first kappa shape index (κ1) is 16.2. The molecule has 2 heterocycles. The van der Waals surface area contributed by atoms with Gasteiger partial charge in [0.15, 0.2) is 5.65 Å². The number of anilines is 2. The molecule has 0 aliphatic carbocycles. The highest BCUT2D eigenvalue weighted by Crippen LogP contribution is 2.29. The number of nitrogens with zero attached hydrogens (tertiary/aromatic N) is 4. The summed E-state index contributed by atoms with van der Waals surface area (Å²) in [5.41, 5.74) is 3.38. The van der Waals surface area contributed by atoms with Crippen molar-refractivity contribution < 1.29 is 4.39 Å². The van der Waals surface area contributed by atoms with Crippen LogP contribution in [0.25, 0.3) is 22.3 Å². The molecule has 2 aromatic carbocycles. The summed E-state index contributed by atoms with van der Waals surface area (Å²) in [6.07, 6.45) is 1.78. The molecule has 0 radical (unpaired) electrons. The first-order valence-corrected chi connectivity index (χ1v) is 8.45. The summed E-state index contributed by atoms with van der Waals surface area (Å²) in [6.45, 7) is 4.13. The number of nitrogens with one attached hydrogen (secondary N) is 1. The molecule has 4 aromatic rings. The molecule has 6 heteroatoms. The molecular formula is C20H18FN5. The molecule has 4 rings (SSSR count). The van der Waals surface area contributed by atoms with E-state index in [0.29, 0.717) is 5.95 Å². The van der Waals surface area contributed by atoms with E-state index in [1.807, 2.05) is 35.0 Å². The topological polar surface area (TPSA) is 55.6 Å². The minimum Gasteiger partial charge on any atom is -0.324 e. The van der Waals surface area contributed by atoms with Gasteiger partial charge in [0, 0.05) is 23.5 Å². The van der Waals surface area contributed by atoms with Crippen molar-refractivity contribution in [3.05, 3.63) is 66.6 Å². The molecule has 2 aromatic heterocycles. The van der Waals surface area contributed by atoms with Crippen LogP contribution in [-0.4, -0.2) is 19.7 Å². The quantitative estimate of drug-likeness (QED) is 0.567. The van der Waals surface area contributed by atoms with Gasteiger partial charge in [-0.3, -0.25) is 0 Å². The molecule has 26 heavy (non-hydrogen) atoms. The van der Waals surface area contributed by atoms with E-state index in [2.05, 4.69) is 29.1 Å². The van der Waals surface area contributed by atoms with Gasteiger partial charge >= 0.3 is 0 Å². The molecule has 0 bridgehead atoms. The number of halogens is 1. The molecule has 0 unspecified atom stereocenters. The van der Waals surface area contributed by atoms with Crippen molar-refractivity contribution in [2.75, 3.05) is 5.32 Å². The Morgan fingerprint density at radius 2 is 1.73 bits per heavy atom. The van der Waals surface area contributed by atoms with Gasteiger partial charge in [0.05, 0.1) is 5.39 Å². The normalized spacial score (nSPS) is 11.2. The average Bonchev–Trinajstić information content (AvgIpc) is 3.03. The number of rotatable bonds is 4. The fraction of sp³-hybridized carbons (Fsp3) is 0.150. The molecule has 5 nitrogen and oxygen atoms in total. The summed E-state index contributed by atoms with van der Waals surface area (Å²) in [6, 6.07) is 16.3. The zero-order valence-electron chi connectivity index (χ0n) is 14.5. The second kappa shape index (κ2) is 6.55. The number of fused-ring (bicyclic) bond motifs is 1. The van der Waals surface area contributed by atoms with Crippen LogP contribution in [0, 0.1) is 5.82 Å². The fourth-order valence-corrected chi connectivity index (χ4v) is 2.82. The third kappa shape index (κ3) is 3.01. The number of hydrogen-bond donors (Lipinski definition) is 1. The van der Waals surface area contributed by atoms with Crippen molar-refractivity contribution in [1.29, 1.82) is 0 Å². The Morgan fingerprint density at radius 3 is 2.42 bits per heavy atom. The van der Waals surface area contributed by atoms with Gasteiger partial charge in [-0.25, -0.2) is 14.1 Å². The highest BCUT2D eigenvalue weighted by molar-refractivity contribution is 5.91. The lowest BCUT2D eigenvalue weighted by Crippen LogP contribution is -2.05. The summed E-state index contributed by atoms with van der Waals surface area (Å²) in [7, 11) is 0. The molecule has 0 spiro atoms. The van der Waals surface area contributed by atoms with Crippen molar-refractivity contribution >= 4 is 22.7 Å². The summed E-state index contributed by atoms with van der Waals surface area (Å²) >= 11 is 0. The van der Waals surface area contributed by atoms with E-state index in [-0.39, 0.29) is 11.9 Å². The Hall–Kier alpha value is -3.28. The van der Waals surface area contributed by atoms with Gasteiger partial charge in [-0.05, 0) is 38.1 Å². The highest BCUT2D eigenvalue weighted by Gasteiger charge is 2.16. The lowest BCUT2D eigenvalue weighted by Gasteiger charge is -2.08. The fourth-order valence-electron chi connectivity index (χ4n) is 2.82. The highest BCUT2D eigenvalue weighted by atomic mass is 19.1. The predicted molar refractivity (Wildman–Crippen MR) is 101 cm³/mol. The van der Waals surface area contributed by atoms with Crippen LogP contribution in [0.1, 0.15) is 19.9 Å². The SMILES string of the molecule is CC(C)n1nc(-c2ccccc2)c2cnc(Nc3ccc(F)cc3)nc21. The lowest BCUT2D eigenvalue weighted by molar-refractivity contribution is 0.548. The van der Waals surface area contributed by atoms with Gasteiger partial charge in [0.25, 0.3) is 0 Å². The largest absolute Gasteiger partial charge is 0.324 e. The summed E-state index contributed by atoms with van der Waals surface area (Å²) < 4.78 is 15.0. The maximum absolute atomic E-state index is 13.1. The summed E-state index contributed by atoms with van der Waals surface area (Å²) in [4.78, 5) is 9.06. The molecule has 0 saturated heterocycles. The number of benzene rings is 2. The Morgan fingerprint density at radius 1 is 1.00 bits per heavy atom. The maximum atomic E-state index is 13.1. The van der Waals surface area contributed by atoms with Gasteiger partial charge in [0.2, 0.25) is 5.95 Å². The molecule has 0 aliphatic heterocycles. The van der Waals surface area contributed by atoms with E-state index < -0.39 is 0 Å². The first-order valence-electron chi connectivity index (χ1n) is 8.45. The van der Waals surface area contributed by atoms with Gasteiger partial charge < -0.3 is 5.32 Å². The molecule has 0 fully saturated rings. The smallest absolute Gasteiger partial charge is 0.229 e. The zero-order chi connectivity index (χ0) is 18.1. The monoisotopic (exact) mass is 347 g/mol. The van der Waals surface area contributed by atoms with E-state index in [1.54, 1.807) is 18.3 Å². The third-order valence-corrected chi connectivity index (χ3v) is 4.09. The van der Waals surface area contributed by atoms with E-state index in [0.717, 1.165) is 28.0 Å². The van der Waals surface area contributed by atoms with Crippen LogP contribution in [0.15, 0.2) is 60.8 Å². The van der Waals surface area contributed by atoms with Crippen LogP contribution in [-0.2, 0) is 0 Å². The predicted octanol–water partition coefficient (Wildman–Crippen LogP) is 4.96. The van der Waals surface area contributed by atoms with Crippen LogP contribution in [0.4, 0.5) is 16.0 Å².